The lowest BCUT2D eigenvalue weighted by Crippen LogP contribution is -2.43. The SMILES string of the molecule is CC1(CNC(=O)c2cc(-c3ccco3)nc3c(C(N)=O)ncn23)CCNCC1.Cl. The summed E-state index contributed by atoms with van der Waals surface area (Å²) in [4.78, 5) is 33.2. The maximum absolute atomic E-state index is 13.0. The zero-order valence-corrected chi connectivity index (χ0v) is 16.8. The number of amides is 2. The number of halogens is 1. The molecule has 0 radical (unpaired) electrons. The summed E-state index contributed by atoms with van der Waals surface area (Å²) in [6.07, 6.45) is 4.89. The number of fused-ring (bicyclic) bond motifs is 1. The topological polar surface area (TPSA) is 128 Å². The van der Waals surface area contributed by atoms with E-state index in [1.807, 2.05) is 0 Å². The van der Waals surface area contributed by atoms with Crippen molar-refractivity contribution in [2.24, 2.45) is 11.1 Å². The molecule has 1 aliphatic rings. The summed E-state index contributed by atoms with van der Waals surface area (Å²) in [5.74, 6) is -0.493. The van der Waals surface area contributed by atoms with Crippen LogP contribution in [-0.4, -0.2) is 45.8 Å². The highest BCUT2D eigenvalue weighted by molar-refractivity contribution is 5.99. The monoisotopic (exact) mass is 418 g/mol. The molecular weight excluding hydrogens is 396 g/mol. The molecule has 10 heteroatoms. The highest BCUT2D eigenvalue weighted by atomic mass is 35.5. The van der Waals surface area contributed by atoms with Crippen molar-refractivity contribution in [2.75, 3.05) is 19.6 Å². The predicted molar refractivity (Wildman–Crippen MR) is 109 cm³/mol. The van der Waals surface area contributed by atoms with Crippen molar-refractivity contribution in [2.45, 2.75) is 19.8 Å². The van der Waals surface area contributed by atoms with Crippen molar-refractivity contribution in [3.63, 3.8) is 0 Å². The van der Waals surface area contributed by atoms with Crippen LogP contribution >= 0.6 is 12.4 Å². The third-order valence-corrected chi connectivity index (χ3v) is 5.23. The van der Waals surface area contributed by atoms with Crippen LogP contribution in [0, 0.1) is 5.41 Å². The summed E-state index contributed by atoms with van der Waals surface area (Å²) in [7, 11) is 0. The fourth-order valence-corrected chi connectivity index (χ4v) is 3.46. The van der Waals surface area contributed by atoms with E-state index in [9.17, 15) is 9.59 Å². The van der Waals surface area contributed by atoms with Gasteiger partial charge in [0.1, 0.15) is 17.7 Å². The van der Waals surface area contributed by atoms with Gasteiger partial charge in [-0.15, -0.1) is 12.4 Å². The van der Waals surface area contributed by atoms with Crippen LogP contribution in [0.5, 0.6) is 0 Å². The number of primary amides is 1. The Balaban J connectivity index is 0.00000240. The van der Waals surface area contributed by atoms with E-state index in [0.717, 1.165) is 25.9 Å². The fourth-order valence-electron chi connectivity index (χ4n) is 3.46. The Morgan fingerprint density at radius 1 is 1.38 bits per heavy atom. The first-order valence-corrected chi connectivity index (χ1v) is 9.18. The van der Waals surface area contributed by atoms with Crippen LogP contribution < -0.4 is 16.4 Å². The van der Waals surface area contributed by atoms with E-state index in [4.69, 9.17) is 10.2 Å². The number of carbonyl (C=O) groups excluding carboxylic acids is 2. The van der Waals surface area contributed by atoms with Gasteiger partial charge in [-0.05, 0) is 49.5 Å². The first-order valence-electron chi connectivity index (χ1n) is 9.18. The number of nitrogens with zero attached hydrogens (tertiary/aromatic N) is 3. The smallest absolute Gasteiger partial charge is 0.271 e. The van der Waals surface area contributed by atoms with Crippen molar-refractivity contribution >= 4 is 29.9 Å². The van der Waals surface area contributed by atoms with Gasteiger partial charge in [0.05, 0.1) is 6.26 Å². The maximum Gasteiger partial charge on any atom is 0.271 e. The molecule has 0 aromatic carbocycles. The molecule has 0 unspecified atom stereocenters. The molecule has 0 atom stereocenters. The lowest BCUT2D eigenvalue weighted by molar-refractivity contribution is 0.0915. The van der Waals surface area contributed by atoms with Crippen molar-refractivity contribution in [3.8, 4) is 11.5 Å². The minimum atomic E-state index is -0.708. The van der Waals surface area contributed by atoms with E-state index < -0.39 is 5.91 Å². The van der Waals surface area contributed by atoms with Crippen LogP contribution in [0.2, 0.25) is 0 Å². The van der Waals surface area contributed by atoms with Gasteiger partial charge < -0.3 is 20.8 Å². The van der Waals surface area contributed by atoms with Crippen LogP contribution in [0.4, 0.5) is 0 Å². The van der Waals surface area contributed by atoms with E-state index in [1.165, 1.54) is 17.0 Å². The van der Waals surface area contributed by atoms with Gasteiger partial charge in [-0.3, -0.25) is 14.0 Å². The summed E-state index contributed by atoms with van der Waals surface area (Å²) >= 11 is 0. The standard InChI is InChI=1S/C19H22N6O3.ClH/c1-19(4-6-21-7-5-19)10-22-18(27)13-9-12(14-3-2-8-28-14)24-17-15(16(20)26)23-11-25(13)17;/h2-3,8-9,11,21H,4-7,10H2,1H3,(H2,20,26)(H,22,27);1H. The third-order valence-electron chi connectivity index (χ3n) is 5.23. The molecule has 3 aromatic rings. The molecule has 9 nitrogen and oxygen atoms in total. The molecule has 0 saturated carbocycles. The zero-order valence-electron chi connectivity index (χ0n) is 16.0. The molecule has 4 rings (SSSR count). The largest absolute Gasteiger partial charge is 0.463 e. The quantitative estimate of drug-likeness (QED) is 0.577. The van der Waals surface area contributed by atoms with E-state index in [2.05, 4.69) is 27.5 Å². The lowest BCUT2D eigenvalue weighted by Gasteiger charge is -2.34. The Bertz CT molecular complexity index is 1020. The summed E-state index contributed by atoms with van der Waals surface area (Å²) in [5.41, 5.74) is 6.43. The second-order valence-corrected chi connectivity index (χ2v) is 7.40. The molecule has 1 aliphatic heterocycles. The van der Waals surface area contributed by atoms with Crippen LogP contribution in [0.1, 0.15) is 40.7 Å². The second-order valence-electron chi connectivity index (χ2n) is 7.40. The average molecular weight is 419 g/mol. The molecule has 3 aromatic heterocycles. The van der Waals surface area contributed by atoms with E-state index >= 15 is 0 Å². The van der Waals surface area contributed by atoms with Gasteiger partial charge in [0, 0.05) is 6.54 Å². The molecule has 4 N–H and O–H groups in total. The number of aromatic nitrogens is 3. The number of hydrogen-bond acceptors (Lipinski definition) is 6. The number of carbonyl (C=O) groups is 2. The molecule has 0 bridgehead atoms. The number of imidazole rings is 1. The Kier molecular flexibility index (Phi) is 5.90. The van der Waals surface area contributed by atoms with Crippen molar-refractivity contribution in [1.29, 1.82) is 0 Å². The number of nitrogens with one attached hydrogen (secondary N) is 2. The molecule has 0 spiro atoms. The third kappa shape index (κ3) is 4.10. The number of rotatable bonds is 5. The molecule has 154 valence electrons. The molecule has 4 heterocycles. The highest BCUT2D eigenvalue weighted by Crippen LogP contribution is 2.27. The van der Waals surface area contributed by atoms with E-state index in [-0.39, 0.29) is 35.1 Å². The van der Waals surface area contributed by atoms with Gasteiger partial charge in [0.2, 0.25) is 0 Å². The molecule has 1 fully saturated rings. The summed E-state index contributed by atoms with van der Waals surface area (Å²) < 4.78 is 6.88. The Labute approximate surface area is 173 Å². The Morgan fingerprint density at radius 2 is 2.14 bits per heavy atom. The van der Waals surface area contributed by atoms with Crippen molar-refractivity contribution in [1.82, 2.24) is 25.0 Å². The Hall–Kier alpha value is -2.91. The number of nitrogens with two attached hydrogens (primary N) is 1. The fraction of sp³-hybridized carbons (Fsp3) is 0.368. The van der Waals surface area contributed by atoms with Crippen molar-refractivity contribution in [3.05, 3.63) is 42.2 Å². The Morgan fingerprint density at radius 3 is 2.79 bits per heavy atom. The van der Waals surface area contributed by atoms with Gasteiger partial charge in [0.15, 0.2) is 17.1 Å². The minimum absolute atomic E-state index is 0. The minimum Gasteiger partial charge on any atom is -0.463 e. The number of hydrogen-bond donors (Lipinski definition) is 3. The second kappa shape index (κ2) is 8.22. The molecule has 2 amide bonds. The average Bonchev–Trinajstić information content (AvgIpc) is 3.35. The lowest BCUT2D eigenvalue weighted by atomic mass is 9.81. The van der Waals surface area contributed by atoms with Gasteiger partial charge in [-0.2, -0.15) is 0 Å². The summed E-state index contributed by atoms with van der Waals surface area (Å²) in [6.45, 7) is 4.62. The molecular formula is C19H23ClN6O3. The first kappa shape index (κ1) is 20.8. The van der Waals surface area contributed by atoms with Crippen molar-refractivity contribution < 1.29 is 14.0 Å². The van der Waals surface area contributed by atoms with Crippen LogP contribution in [0.3, 0.4) is 0 Å². The van der Waals surface area contributed by atoms with E-state index in [0.29, 0.717) is 23.7 Å². The van der Waals surface area contributed by atoms with Gasteiger partial charge in [-0.1, -0.05) is 6.92 Å². The first-order chi connectivity index (χ1) is 13.5. The maximum atomic E-state index is 13.0. The summed E-state index contributed by atoms with van der Waals surface area (Å²) in [5, 5.41) is 6.35. The summed E-state index contributed by atoms with van der Waals surface area (Å²) in [6, 6.07) is 5.08. The van der Waals surface area contributed by atoms with Gasteiger partial charge >= 0.3 is 0 Å². The predicted octanol–water partition coefficient (Wildman–Crippen LogP) is 1.63. The number of piperidine rings is 1. The zero-order chi connectivity index (χ0) is 19.7. The van der Waals surface area contributed by atoms with Gasteiger partial charge in [0.25, 0.3) is 11.8 Å². The van der Waals surface area contributed by atoms with E-state index in [1.54, 1.807) is 18.2 Å². The number of furan rings is 1. The van der Waals surface area contributed by atoms with Crippen LogP contribution in [-0.2, 0) is 0 Å². The molecule has 29 heavy (non-hydrogen) atoms. The molecule has 1 saturated heterocycles. The normalized spacial score (nSPS) is 15.6. The molecule has 0 aliphatic carbocycles. The van der Waals surface area contributed by atoms with Crippen LogP contribution in [0.25, 0.3) is 17.1 Å². The van der Waals surface area contributed by atoms with Crippen LogP contribution in [0.15, 0.2) is 35.2 Å². The van der Waals surface area contributed by atoms with Gasteiger partial charge in [-0.25, -0.2) is 9.97 Å². The highest BCUT2D eigenvalue weighted by Gasteiger charge is 2.28.